The molecule has 8 heteroatoms. The SMILES string of the molecule is CN(C(=O)c1cccc(C(=O)N2CCCCCC2)n1)C1CCS(=O)(=O)C1. The van der Waals surface area contributed by atoms with Gasteiger partial charge in [-0.3, -0.25) is 9.59 Å². The van der Waals surface area contributed by atoms with Crippen molar-refractivity contribution >= 4 is 21.7 Å². The molecule has 2 saturated heterocycles. The summed E-state index contributed by atoms with van der Waals surface area (Å²) in [7, 11) is -1.47. The summed E-state index contributed by atoms with van der Waals surface area (Å²) in [4.78, 5) is 32.9. The minimum atomic E-state index is -3.07. The van der Waals surface area contributed by atoms with Crippen LogP contribution in [0.25, 0.3) is 0 Å². The zero-order valence-electron chi connectivity index (χ0n) is 15.1. The summed E-state index contributed by atoms with van der Waals surface area (Å²) in [5, 5.41) is 0. The van der Waals surface area contributed by atoms with E-state index in [2.05, 4.69) is 4.98 Å². The Morgan fingerprint density at radius 3 is 2.38 bits per heavy atom. The Hall–Kier alpha value is -1.96. The summed E-state index contributed by atoms with van der Waals surface area (Å²) in [5.74, 6) is -0.400. The van der Waals surface area contributed by atoms with Crippen molar-refractivity contribution in [3.05, 3.63) is 29.6 Å². The molecule has 1 atom stereocenters. The zero-order chi connectivity index (χ0) is 18.7. The molecule has 0 saturated carbocycles. The van der Waals surface area contributed by atoms with E-state index in [0.29, 0.717) is 6.42 Å². The standard InChI is InChI=1S/C18H25N3O4S/c1-20(14-9-12-26(24,25)13-14)17(22)15-7-6-8-16(19-15)18(23)21-10-4-2-3-5-11-21/h6-8,14H,2-5,9-13H2,1H3. The molecule has 142 valence electrons. The van der Waals surface area contributed by atoms with Gasteiger partial charge in [0, 0.05) is 26.2 Å². The molecule has 0 aliphatic carbocycles. The zero-order valence-corrected chi connectivity index (χ0v) is 15.9. The van der Waals surface area contributed by atoms with Gasteiger partial charge < -0.3 is 9.80 Å². The molecule has 1 aromatic heterocycles. The van der Waals surface area contributed by atoms with Crippen molar-refractivity contribution in [1.82, 2.24) is 14.8 Å². The van der Waals surface area contributed by atoms with E-state index in [9.17, 15) is 18.0 Å². The number of nitrogens with zero attached hydrogens (tertiary/aromatic N) is 3. The van der Waals surface area contributed by atoms with Gasteiger partial charge in [0.15, 0.2) is 9.84 Å². The third-order valence-electron chi connectivity index (χ3n) is 5.16. The van der Waals surface area contributed by atoms with Crippen LogP contribution in [0.3, 0.4) is 0 Å². The molecular weight excluding hydrogens is 354 g/mol. The quantitative estimate of drug-likeness (QED) is 0.791. The van der Waals surface area contributed by atoms with Crippen LogP contribution in [-0.4, -0.2) is 72.7 Å². The lowest BCUT2D eigenvalue weighted by atomic mass is 10.2. The van der Waals surface area contributed by atoms with E-state index < -0.39 is 9.84 Å². The van der Waals surface area contributed by atoms with E-state index in [1.54, 1.807) is 30.1 Å². The van der Waals surface area contributed by atoms with Gasteiger partial charge in [0.05, 0.1) is 11.5 Å². The highest BCUT2D eigenvalue weighted by atomic mass is 32.2. The largest absolute Gasteiger partial charge is 0.337 e. The van der Waals surface area contributed by atoms with Crippen molar-refractivity contribution in [2.24, 2.45) is 0 Å². The first kappa shape index (κ1) is 18.8. The summed E-state index contributed by atoms with van der Waals surface area (Å²) in [6, 6.07) is 4.52. The normalized spacial score (nSPS) is 22.7. The van der Waals surface area contributed by atoms with Gasteiger partial charge >= 0.3 is 0 Å². The predicted octanol–water partition coefficient (Wildman–Crippen LogP) is 1.36. The van der Waals surface area contributed by atoms with Crippen molar-refractivity contribution in [3.63, 3.8) is 0 Å². The molecule has 7 nitrogen and oxygen atoms in total. The van der Waals surface area contributed by atoms with Gasteiger partial charge in [-0.25, -0.2) is 13.4 Å². The fraction of sp³-hybridized carbons (Fsp3) is 0.611. The number of carbonyl (C=O) groups is 2. The van der Waals surface area contributed by atoms with E-state index in [-0.39, 0.29) is 40.7 Å². The van der Waals surface area contributed by atoms with Crippen LogP contribution in [0, 0.1) is 0 Å². The van der Waals surface area contributed by atoms with Gasteiger partial charge in [-0.15, -0.1) is 0 Å². The second-order valence-electron chi connectivity index (χ2n) is 7.09. The second-order valence-corrected chi connectivity index (χ2v) is 9.32. The molecule has 0 radical (unpaired) electrons. The van der Waals surface area contributed by atoms with Crippen molar-refractivity contribution in [2.75, 3.05) is 31.6 Å². The summed E-state index contributed by atoms with van der Waals surface area (Å²) in [6.07, 6.45) is 4.68. The van der Waals surface area contributed by atoms with Gasteiger partial charge in [0.25, 0.3) is 11.8 Å². The Bertz CT molecular complexity index is 785. The molecule has 3 heterocycles. The van der Waals surface area contributed by atoms with E-state index in [1.807, 2.05) is 0 Å². The Morgan fingerprint density at radius 2 is 1.77 bits per heavy atom. The van der Waals surface area contributed by atoms with Crippen molar-refractivity contribution < 1.29 is 18.0 Å². The van der Waals surface area contributed by atoms with Gasteiger partial charge in [0.2, 0.25) is 0 Å². The van der Waals surface area contributed by atoms with Crippen molar-refractivity contribution in [3.8, 4) is 0 Å². The number of aromatic nitrogens is 1. The van der Waals surface area contributed by atoms with Gasteiger partial charge in [-0.2, -0.15) is 0 Å². The Morgan fingerprint density at radius 1 is 1.12 bits per heavy atom. The molecular formula is C18H25N3O4S. The number of likely N-dealkylation sites (tertiary alicyclic amines) is 1. The fourth-order valence-electron chi connectivity index (χ4n) is 3.54. The third-order valence-corrected chi connectivity index (χ3v) is 6.91. The van der Waals surface area contributed by atoms with Crippen LogP contribution < -0.4 is 0 Å². The van der Waals surface area contributed by atoms with Crippen LogP contribution in [0.4, 0.5) is 0 Å². The Kier molecular flexibility index (Phi) is 5.60. The number of carbonyl (C=O) groups excluding carboxylic acids is 2. The summed E-state index contributed by atoms with van der Waals surface area (Å²) in [5.41, 5.74) is 0.447. The summed E-state index contributed by atoms with van der Waals surface area (Å²) in [6.45, 7) is 1.44. The number of hydrogen-bond acceptors (Lipinski definition) is 5. The lowest BCUT2D eigenvalue weighted by Crippen LogP contribution is -2.38. The first-order valence-electron chi connectivity index (χ1n) is 9.11. The molecule has 0 N–H and O–H groups in total. The maximum Gasteiger partial charge on any atom is 0.272 e. The monoisotopic (exact) mass is 379 g/mol. The smallest absolute Gasteiger partial charge is 0.272 e. The predicted molar refractivity (Wildman–Crippen MR) is 97.8 cm³/mol. The third kappa shape index (κ3) is 4.23. The molecule has 2 fully saturated rings. The van der Waals surface area contributed by atoms with Crippen LogP contribution in [0.1, 0.15) is 53.1 Å². The van der Waals surface area contributed by atoms with E-state index in [4.69, 9.17) is 0 Å². The highest BCUT2D eigenvalue weighted by Gasteiger charge is 2.33. The Balaban J connectivity index is 1.74. The van der Waals surface area contributed by atoms with E-state index >= 15 is 0 Å². The highest BCUT2D eigenvalue weighted by Crippen LogP contribution is 2.19. The lowest BCUT2D eigenvalue weighted by Gasteiger charge is -2.23. The second kappa shape index (κ2) is 7.73. The van der Waals surface area contributed by atoms with Crippen LogP contribution in [0.2, 0.25) is 0 Å². The molecule has 0 bridgehead atoms. The first-order chi connectivity index (χ1) is 12.4. The molecule has 2 amide bonds. The maximum absolute atomic E-state index is 12.7. The van der Waals surface area contributed by atoms with Crippen LogP contribution in [0.15, 0.2) is 18.2 Å². The number of sulfone groups is 1. The number of rotatable bonds is 3. The molecule has 2 aliphatic heterocycles. The average molecular weight is 379 g/mol. The summed E-state index contributed by atoms with van der Waals surface area (Å²) >= 11 is 0. The Labute approximate surface area is 154 Å². The number of hydrogen-bond donors (Lipinski definition) is 0. The fourth-order valence-corrected chi connectivity index (χ4v) is 5.31. The molecule has 1 unspecified atom stereocenters. The van der Waals surface area contributed by atoms with Gasteiger partial charge in [-0.05, 0) is 31.4 Å². The van der Waals surface area contributed by atoms with Gasteiger partial charge in [-0.1, -0.05) is 18.9 Å². The van der Waals surface area contributed by atoms with Crippen molar-refractivity contribution in [1.29, 1.82) is 0 Å². The van der Waals surface area contributed by atoms with E-state index in [0.717, 1.165) is 38.8 Å². The topological polar surface area (TPSA) is 87.7 Å². The average Bonchev–Trinajstić information content (AvgIpc) is 2.84. The van der Waals surface area contributed by atoms with Crippen LogP contribution in [0.5, 0.6) is 0 Å². The maximum atomic E-state index is 12.7. The molecule has 0 spiro atoms. The van der Waals surface area contributed by atoms with Gasteiger partial charge in [0.1, 0.15) is 11.4 Å². The summed E-state index contributed by atoms with van der Waals surface area (Å²) < 4.78 is 23.3. The number of pyridine rings is 1. The minimum Gasteiger partial charge on any atom is -0.337 e. The van der Waals surface area contributed by atoms with Crippen molar-refractivity contribution in [2.45, 2.75) is 38.1 Å². The molecule has 26 heavy (non-hydrogen) atoms. The molecule has 1 aromatic rings. The lowest BCUT2D eigenvalue weighted by molar-refractivity contribution is 0.0738. The van der Waals surface area contributed by atoms with E-state index in [1.165, 1.54) is 4.90 Å². The molecule has 2 aliphatic rings. The van der Waals surface area contributed by atoms with Crippen LogP contribution in [-0.2, 0) is 9.84 Å². The molecule has 0 aromatic carbocycles. The minimum absolute atomic E-state index is 0.0123. The highest BCUT2D eigenvalue weighted by molar-refractivity contribution is 7.91. The number of amides is 2. The molecule has 3 rings (SSSR count). The van der Waals surface area contributed by atoms with Crippen LogP contribution >= 0.6 is 0 Å². The first-order valence-corrected chi connectivity index (χ1v) is 10.9.